The molecule has 0 aliphatic heterocycles. The van der Waals surface area contributed by atoms with E-state index in [0.717, 1.165) is 0 Å². The van der Waals surface area contributed by atoms with Crippen molar-refractivity contribution in [2.45, 2.75) is 4.90 Å². The molecule has 1 aromatic carbocycles. The summed E-state index contributed by atoms with van der Waals surface area (Å²) in [4.78, 5) is -0.187. The lowest BCUT2D eigenvalue weighted by molar-refractivity contribution is 0.598. The van der Waals surface area contributed by atoms with Crippen molar-refractivity contribution in [2.75, 3.05) is 0 Å². The van der Waals surface area contributed by atoms with Gasteiger partial charge in [0.2, 0.25) is 10.0 Å². The van der Waals surface area contributed by atoms with Crippen LogP contribution in [0.5, 0.6) is 0 Å². The topological polar surface area (TPSA) is 60.2 Å². The number of halogens is 2. The Bertz CT molecular complexity index is 402. The zero-order valence-electron chi connectivity index (χ0n) is 5.71. The number of sulfonamides is 1. The zero-order chi connectivity index (χ0) is 9.35. The summed E-state index contributed by atoms with van der Waals surface area (Å²) in [5, 5.41) is 4.79. The maximum absolute atomic E-state index is 10.8. The summed E-state index contributed by atoms with van der Waals surface area (Å²) in [6, 6.07) is 5.11. The molecule has 0 heterocycles. The van der Waals surface area contributed by atoms with Crippen LogP contribution in [0, 0.1) is 6.07 Å². The minimum Gasteiger partial charge on any atom is -0.225 e. The molecule has 0 saturated heterocycles. The molecule has 1 rings (SSSR count). The molecule has 0 unspecified atom stereocenters. The van der Waals surface area contributed by atoms with Crippen LogP contribution in [0.2, 0.25) is 10.0 Å². The van der Waals surface area contributed by atoms with Crippen LogP contribution in [0.25, 0.3) is 0 Å². The minimum absolute atomic E-state index is 0.0446. The highest BCUT2D eigenvalue weighted by atomic mass is 35.5. The number of rotatable bonds is 1. The number of hydrogen-bond acceptors (Lipinski definition) is 2. The fourth-order valence-corrected chi connectivity index (χ4v) is 1.93. The Labute approximate surface area is 80.1 Å². The lowest BCUT2D eigenvalue weighted by atomic mass is 10.4. The molecule has 0 saturated carbocycles. The Kier molecular flexibility index (Phi) is 2.63. The predicted octanol–water partition coefficient (Wildman–Crippen LogP) is 1.44. The molecular weight excluding hydrogens is 221 g/mol. The maximum Gasteiger partial charge on any atom is 0.239 e. The highest BCUT2D eigenvalue weighted by molar-refractivity contribution is 7.89. The summed E-state index contributed by atoms with van der Waals surface area (Å²) in [7, 11) is -3.79. The second-order valence-corrected chi connectivity index (χ2v) is 4.30. The molecule has 0 amide bonds. The van der Waals surface area contributed by atoms with Gasteiger partial charge in [-0.15, -0.1) is 0 Å². The Balaban J connectivity index is 3.47. The maximum atomic E-state index is 10.8. The molecule has 0 aromatic heterocycles. The van der Waals surface area contributed by atoms with Crippen LogP contribution < -0.4 is 5.14 Å². The smallest absolute Gasteiger partial charge is 0.225 e. The van der Waals surface area contributed by atoms with E-state index in [1.807, 2.05) is 0 Å². The predicted molar refractivity (Wildman–Crippen MR) is 46.7 cm³/mol. The molecule has 12 heavy (non-hydrogen) atoms. The molecular formula is C6H4Cl2NO2S. The van der Waals surface area contributed by atoms with Gasteiger partial charge in [-0.2, -0.15) is 0 Å². The van der Waals surface area contributed by atoms with E-state index in [9.17, 15) is 8.42 Å². The van der Waals surface area contributed by atoms with Crippen molar-refractivity contribution < 1.29 is 8.42 Å². The molecule has 0 atom stereocenters. The average Bonchev–Trinajstić information content (AvgIpc) is 1.92. The quantitative estimate of drug-likeness (QED) is 0.785. The fourth-order valence-electron chi connectivity index (χ4n) is 0.655. The third-order valence-corrected chi connectivity index (χ3v) is 3.01. The monoisotopic (exact) mass is 224 g/mol. The highest BCUT2D eigenvalue weighted by Crippen LogP contribution is 2.27. The summed E-state index contributed by atoms with van der Waals surface area (Å²) in [6.45, 7) is 0. The third kappa shape index (κ3) is 1.90. The normalized spacial score (nSPS) is 11.6. The number of primary sulfonamides is 1. The van der Waals surface area contributed by atoms with Gasteiger partial charge in [-0.1, -0.05) is 29.3 Å². The molecule has 0 bridgehead atoms. The summed E-state index contributed by atoms with van der Waals surface area (Å²) < 4.78 is 21.7. The fraction of sp³-hybridized carbons (Fsp3) is 0. The van der Waals surface area contributed by atoms with Crippen LogP contribution in [-0.4, -0.2) is 8.42 Å². The van der Waals surface area contributed by atoms with Crippen molar-refractivity contribution in [3.05, 3.63) is 28.2 Å². The van der Waals surface area contributed by atoms with Crippen molar-refractivity contribution in [1.82, 2.24) is 0 Å². The van der Waals surface area contributed by atoms with Gasteiger partial charge >= 0.3 is 0 Å². The van der Waals surface area contributed by atoms with Gasteiger partial charge in [0.1, 0.15) is 4.90 Å². The van der Waals surface area contributed by atoms with Crippen LogP contribution in [0.4, 0.5) is 0 Å². The molecule has 0 aliphatic carbocycles. The molecule has 6 heteroatoms. The second-order valence-electron chi connectivity index (χ2n) is 2.01. The minimum atomic E-state index is -3.79. The van der Waals surface area contributed by atoms with Crippen molar-refractivity contribution in [2.24, 2.45) is 5.14 Å². The molecule has 0 aliphatic rings. The van der Waals surface area contributed by atoms with E-state index in [0.29, 0.717) is 0 Å². The molecule has 0 spiro atoms. The summed E-state index contributed by atoms with van der Waals surface area (Å²) in [5.41, 5.74) is 0. The van der Waals surface area contributed by atoms with Crippen LogP contribution >= 0.6 is 23.2 Å². The van der Waals surface area contributed by atoms with Crippen molar-refractivity contribution in [3.63, 3.8) is 0 Å². The van der Waals surface area contributed by atoms with E-state index in [4.69, 9.17) is 28.3 Å². The third-order valence-electron chi connectivity index (χ3n) is 1.16. The molecule has 1 aromatic rings. The SMILES string of the molecule is NS(=O)(=O)c1cc[c]c(Cl)c1Cl. The van der Waals surface area contributed by atoms with E-state index < -0.39 is 10.0 Å². The molecule has 3 nitrogen and oxygen atoms in total. The van der Waals surface area contributed by atoms with Gasteiger partial charge < -0.3 is 0 Å². The van der Waals surface area contributed by atoms with Crippen LogP contribution in [0.15, 0.2) is 17.0 Å². The zero-order valence-corrected chi connectivity index (χ0v) is 8.04. The number of nitrogens with two attached hydrogens (primary N) is 1. The average molecular weight is 225 g/mol. The van der Waals surface area contributed by atoms with E-state index in [1.165, 1.54) is 12.1 Å². The molecule has 0 fully saturated rings. The van der Waals surface area contributed by atoms with E-state index in [-0.39, 0.29) is 14.9 Å². The molecule has 1 radical (unpaired) electrons. The largest absolute Gasteiger partial charge is 0.239 e. The highest BCUT2D eigenvalue weighted by Gasteiger charge is 2.14. The standard InChI is InChI=1S/C6H4Cl2NO2S/c7-4-2-1-3-5(6(4)8)12(9,10)11/h1,3H,(H2,9,10,11). The van der Waals surface area contributed by atoms with Gasteiger partial charge in [-0.3, -0.25) is 0 Å². The first kappa shape index (κ1) is 9.80. The first-order chi connectivity index (χ1) is 5.43. The van der Waals surface area contributed by atoms with Gasteiger partial charge in [-0.25, -0.2) is 13.6 Å². The number of hydrogen-bond donors (Lipinski definition) is 1. The first-order valence-electron chi connectivity index (χ1n) is 2.81. The Morgan fingerprint density at radius 2 is 2.00 bits per heavy atom. The van der Waals surface area contributed by atoms with Crippen LogP contribution in [0.1, 0.15) is 0 Å². The Hall–Kier alpha value is -0.290. The van der Waals surface area contributed by atoms with Gasteiger partial charge in [0.25, 0.3) is 0 Å². The second kappa shape index (κ2) is 3.22. The van der Waals surface area contributed by atoms with Crippen molar-refractivity contribution in [1.29, 1.82) is 0 Å². The molecule has 65 valence electrons. The van der Waals surface area contributed by atoms with E-state index >= 15 is 0 Å². The Morgan fingerprint density at radius 3 is 2.42 bits per heavy atom. The molecule has 2 N–H and O–H groups in total. The summed E-state index contributed by atoms with van der Waals surface area (Å²) >= 11 is 11.1. The van der Waals surface area contributed by atoms with Gasteiger partial charge in [0.15, 0.2) is 0 Å². The Morgan fingerprint density at radius 1 is 1.42 bits per heavy atom. The first-order valence-corrected chi connectivity index (χ1v) is 5.11. The van der Waals surface area contributed by atoms with Gasteiger partial charge in [-0.05, 0) is 6.07 Å². The van der Waals surface area contributed by atoms with Crippen LogP contribution in [-0.2, 0) is 10.0 Å². The lowest BCUT2D eigenvalue weighted by Crippen LogP contribution is -2.12. The lowest BCUT2D eigenvalue weighted by Gasteiger charge is -2.01. The number of benzene rings is 1. The van der Waals surface area contributed by atoms with Gasteiger partial charge in [0.05, 0.1) is 10.0 Å². The van der Waals surface area contributed by atoms with E-state index in [2.05, 4.69) is 6.07 Å². The van der Waals surface area contributed by atoms with Crippen molar-refractivity contribution >= 4 is 33.2 Å². The van der Waals surface area contributed by atoms with Gasteiger partial charge in [0, 0.05) is 6.07 Å². The van der Waals surface area contributed by atoms with Crippen LogP contribution in [0.3, 0.4) is 0 Å². The van der Waals surface area contributed by atoms with E-state index in [1.54, 1.807) is 0 Å². The summed E-state index contributed by atoms with van der Waals surface area (Å²) in [5.74, 6) is 0. The van der Waals surface area contributed by atoms with Crippen molar-refractivity contribution in [3.8, 4) is 0 Å². The summed E-state index contributed by atoms with van der Waals surface area (Å²) in [6.07, 6.45) is 0.